The molecular weight excluding hydrogens is 218 g/mol. The first-order valence-corrected chi connectivity index (χ1v) is 5.52. The van der Waals surface area contributed by atoms with E-state index in [-0.39, 0.29) is 19.1 Å². The molecule has 0 radical (unpaired) electrons. The summed E-state index contributed by atoms with van der Waals surface area (Å²) < 4.78 is 5.54. The van der Waals surface area contributed by atoms with Gasteiger partial charge in [-0.15, -0.1) is 0 Å². The number of amides is 1. The minimum atomic E-state index is -0.287. The first kappa shape index (κ1) is 11.7. The Morgan fingerprint density at radius 3 is 2.88 bits per heavy atom. The summed E-state index contributed by atoms with van der Waals surface area (Å²) in [5.74, 6) is 0.0319. The number of benzene rings is 1. The smallest absolute Gasteiger partial charge is 0.287 e. The van der Waals surface area contributed by atoms with Gasteiger partial charge in [-0.1, -0.05) is 12.1 Å². The summed E-state index contributed by atoms with van der Waals surface area (Å²) in [6.07, 6.45) is 0. The zero-order valence-electron chi connectivity index (χ0n) is 9.91. The fourth-order valence-electron chi connectivity index (χ4n) is 1.80. The highest BCUT2D eigenvalue weighted by molar-refractivity contribution is 5.98. The lowest BCUT2D eigenvalue weighted by Crippen LogP contribution is -2.26. The maximum absolute atomic E-state index is 11.8. The van der Waals surface area contributed by atoms with E-state index in [0.29, 0.717) is 5.76 Å². The van der Waals surface area contributed by atoms with Crippen LogP contribution in [-0.2, 0) is 0 Å². The Labute approximate surface area is 99.2 Å². The second-order valence-corrected chi connectivity index (χ2v) is 4.04. The molecule has 2 aromatic rings. The number of rotatable bonds is 3. The largest absolute Gasteiger partial charge is 0.451 e. The van der Waals surface area contributed by atoms with Gasteiger partial charge in [0.25, 0.3) is 5.91 Å². The maximum atomic E-state index is 11.8. The van der Waals surface area contributed by atoms with Crippen LogP contribution in [0, 0.1) is 13.8 Å². The summed E-state index contributed by atoms with van der Waals surface area (Å²) in [4.78, 5) is 11.8. The number of carbonyl (C=O) groups excluding carboxylic acids is 1. The topological polar surface area (TPSA) is 62.5 Å². The van der Waals surface area contributed by atoms with E-state index in [4.69, 9.17) is 9.52 Å². The first-order chi connectivity index (χ1) is 8.13. The van der Waals surface area contributed by atoms with Gasteiger partial charge in [-0.3, -0.25) is 4.79 Å². The van der Waals surface area contributed by atoms with Gasteiger partial charge in [0, 0.05) is 17.5 Å². The quantitative estimate of drug-likeness (QED) is 0.849. The predicted octanol–water partition coefficient (Wildman–Crippen LogP) is 1.77. The van der Waals surface area contributed by atoms with E-state index < -0.39 is 0 Å². The summed E-state index contributed by atoms with van der Waals surface area (Å²) >= 11 is 0. The van der Waals surface area contributed by atoms with Crippen LogP contribution in [0.3, 0.4) is 0 Å². The summed E-state index contributed by atoms with van der Waals surface area (Å²) in [5.41, 5.74) is 2.64. The Hall–Kier alpha value is -1.81. The van der Waals surface area contributed by atoms with Crippen molar-refractivity contribution < 1.29 is 14.3 Å². The molecule has 0 spiro atoms. The molecule has 4 heteroatoms. The molecule has 0 fully saturated rings. The fraction of sp³-hybridized carbons (Fsp3) is 0.308. The highest BCUT2D eigenvalue weighted by atomic mass is 16.3. The molecular formula is C13H15NO3. The van der Waals surface area contributed by atoms with Crippen LogP contribution in [0.25, 0.3) is 11.0 Å². The van der Waals surface area contributed by atoms with E-state index in [1.165, 1.54) is 0 Å². The third kappa shape index (κ3) is 2.17. The van der Waals surface area contributed by atoms with Crippen molar-refractivity contribution in [3.63, 3.8) is 0 Å². The van der Waals surface area contributed by atoms with Gasteiger partial charge >= 0.3 is 0 Å². The summed E-state index contributed by atoms with van der Waals surface area (Å²) in [6.45, 7) is 3.98. The van der Waals surface area contributed by atoms with E-state index in [2.05, 4.69) is 5.32 Å². The predicted molar refractivity (Wildman–Crippen MR) is 65.1 cm³/mol. The van der Waals surface area contributed by atoms with Gasteiger partial charge in [-0.2, -0.15) is 0 Å². The molecule has 0 aliphatic heterocycles. The average Bonchev–Trinajstić information content (AvgIpc) is 2.63. The molecule has 0 bridgehead atoms. The van der Waals surface area contributed by atoms with Crippen LogP contribution in [0.2, 0.25) is 0 Å². The minimum Gasteiger partial charge on any atom is -0.451 e. The van der Waals surface area contributed by atoms with Crippen LogP contribution in [0.5, 0.6) is 0 Å². The number of aryl methyl sites for hydroxylation is 2. The lowest BCUT2D eigenvalue weighted by Gasteiger charge is -2.00. The molecule has 0 atom stereocenters. The minimum absolute atomic E-state index is 0.0792. The molecule has 1 aromatic carbocycles. The standard InChI is InChI=1S/C13H15NO3/c1-8-3-4-10-9(2)12(17-11(10)7-8)13(16)14-5-6-15/h3-4,7,15H,5-6H2,1-2H3,(H,14,16). The Bertz CT molecular complexity index is 557. The molecule has 2 N–H and O–H groups in total. The molecule has 90 valence electrons. The van der Waals surface area contributed by atoms with Gasteiger partial charge in [0.15, 0.2) is 5.76 Å². The van der Waals surface area contributed by atoms with Crippen LogP contribution < -0.4 is 5.32 Å². The van der Waals surface area contributed by atoms with Gasteiger partial charge < -0.3 is 14.8 Å². The van der Waals surface area contributed by atoms with Gasteiger partial charge in [-0.05, 0) is 25.5 Å². The van der Waals surface area contributed by atoms with Crippen molar-refractivity contribution in [2.45, 2.75) is 13.8 Å². The van der Waals surface area contributed by atoms with Crippen molar-refractivity contribution in [2.75, 3.05) is 13.2 Å². The average molecular weight is 233 g/mol. The summed E-state index contributed by atoms with van der Waals surface area (Å²) in [5, 5.41) is 12.2. The van der Waals surface area contributed by atoms with E-state index in [1.54, 1.807) is 0 Å². The van der Waals surface area contributed by atoms with Crippen LogP contribution in [-0.4, -0.2) is 24.2 Å². The van der Waals surface area contributed by atoms with Crippen LogP contribution in [0.4, 0.5) is 0 Å². The second-order valence-electron chi connectivity index (χ2n) is 4.04. The zero-order valence-corrected chi connectivity index (χ0v) is 9.91. The number of aliphatic hydroxyl groups excluding tert-OH is 1. The molecule has 4 nitrogen and oxygen atoms in total. The molecule has 1 amide bonds. The number of hydrogen-bond donors (Lipinski definition) is 2. The molecule has 2 rings (SSSR count). The second kappa shape index (κ2) is 4.59. The Kier molecular flexibility index (Phi) is 3.15. The van der Waals surface area contributed by atoms with Crippen molar-refractivity contribution in [1.82, 2.24) is 5.32 Å². The number of fused-ring (bicyclic) bond motifs is 1. The number of nitrogens with one attached hydrogen (secondary N) is 1. The Morgan fingerprint density at radius 1 is 1.41 bits per heavy atom. The fourth-order valence-corrected chi connectivity index (χ4v) is 1.80. The van der Waals surface area contributed by atoms with Crippen molar-refractivity contribution in [1.29, 1.82) is 0 Å². The van der Waals surface area contributed by atoms with Crippen molar-refractivity contribution in [3.8, 4) is 0 Å². The molecule has 17 heavy (non-hydrogen) atoms. The lowest BCUT2D eigenvalue weighted by molar-refractivity contribution is 0.0918. The summed E-state index contributed by atoms with van der Waals surface area (Å²) in [7, 11) is 0. The number of hydrogen-bond acceptors (Lipinski definition) is 3. The Balaban J connectivity index is 2.41. The number of furan rings is 1. The van der Waals surface area contributed by atoms with Crippen LogP contribution >= 0.6 is 0 Å². The van der Waals surface area contributed by atoms with Gasteiger partial charge in [0.1, 0.15) is 5.58 Å². The van der Waals surface area contributed by atoms with E-state index in [1.807, 2.05) is 32.0 Å². The SMILES string of the molecule is Cc1ccc2c(C)c(C(=O)NCCO)oc2c1. The number of carbonyl (C=O) groups is 1. The monoisotopic (exact) mass is 233 g/mol. The first-order valence-electron chi connectivity index (χ1n) is 5.52. The van der Waals surface area contributed by atoms with Crippen molar-refractivity contribution >= 4 is 16.9 Å². The van der Waals surface area contributed by atoms with Gasteiger partial charge in [0.2, 0.25) is 0 Å². The van der Waals surface area contributed by atoms with Crippen LogP contribution in [0.1, 0.15) is 21.7 Å². The third-order valence-corrected chi connectivity index (χ3v) is 2.70. The van der Waals surface area contributed by atoms with Gasteiger partial charge in [-0.25, -0.2) is 0 Å². The van der Waals surface area contributed by atoms with E-state index in [9.17, 15) is 4.79 Å². The zero-order chi connectivity index (χ0) is 12.4. The highest BCUT2D eigenvalue weighted by Crippen LogP contribution is 2.25. The molecule has 0 unspecified atom stereocenters. The molecule has 0 aliphatic rings. The van der Waals surface area contributed by atoms with Gasteiger partial charge in [0.05, 0.1) is 6.61 Å². The molecule has 1 aromatic heterocycles. The normalized spacial score (nSPS) is 10.8. The van der Waals surface area contributed by atoms with Crippen molar-refractivity contribution in [2.24, 2.45) is 0 Å². The van der Waals surface area contributed by atoms with E-state index in [0.717, 1.165) is 22.1 Å². The molecule has 0 saturated heterocycles. The van der Waals surface area contributed by atoms with Crippen molar-refractivity contribution in [3.05, 3.63) is 35.1 Å². The lowest BCUT2D eigenvalue weighted by atomic mass is 10.1. The Morgan fingerprint density at radius 2 is 2.18 bits per heavy atom. The highest BCUT2D eigenvalue weighted by Gasteiger charge is 2.16. The maximum Gasteiger partial charge on any atom is 0.287 e. The summed E-state index contributed by atoms with van der Waals surface area (Å²) in [6, 6.07) is 5.84. The number of aliphatic hydroxyl groups is 1. The third-order valence-electron chi connectivity index (χ3n) is 2.70. The van der Waals surface area contributed by atoms with Crippen LogP contribution in [0.15, 0.2) is 22.6 Å². The van der Waals surface area contributed by atoms with E-state index >= 15 is 0 Å². The molecule has 0 saturated carbocycles. The molecule has 1 heterocycles. The molecule has 0 aliphatic carbocycles.